The first kappa shape index (κ1) is 17.8. The Labute approximate surface area is 164 Å². The predicted molar refractivity (Wildman–Crippen MR) is 113 cm³/mol. The lowest BCUT2D eigenvalue weighted by atomic mass is 10.1. The standard InChI is InChI=1S/C23H23N3S/c1-16-8-9-18(3)20(12-16)15-27-23-25-21-10-11-24-13-22(21)26(23)14-19-7-5-4-6-17(19)2/h4-13H,14-15H2,1-3H3. The van der Waals surface area contributed by atoms with Crippen molar-refractivity contribution in [2.24, 2.45) is 0 Å². The SMILES string of the molecule is Cc1ccc(C)c(CSc2nc3ccncc3n2Cc2ccccc2C)c1. The fourth-order valence-corrected chi connectivity index (χ4v) is 4.34. The van der Waals surface area contributed by atoms with Crippen LogP contribution in [0.5, 0.6) is 0 Å². The molecular weight excluding hydrogens is 350 g/mol. The molecule has 0 atom stereocenters. The first-order chi connectivity index (χ1) is 13.1. The first-order valence-corrected chi connectivity index (χ1v) is 10.1. The van der Waals surface area contributed by atoms with Gasteiger partial charge in [-0.2, -0.15) is 0 Å². The van der Waals surface area contributed by atoms with E-state index in [0.29, 0.717) is 0 Å². The van der Waals surface area contributed by atoms with Crippen molar-refractivity contribution in [1.82, 2.24) is 14.5 Å². The van der Waals surface area contributed by atoms with Crippen LogP contribution in [0, 0.1) is 20.8 Å². The van der Waals surface area contributed by atoms with Crippen molar-refractivity contribution >= 4 is 22.8 Å². The quantitative estimate of drug-likeness (QED) is 0.421. The highest BCUT2D eigenvalue weighted by Crippen LogP contribution is 2.29. The van der Waals surface area contributed by atoms with Crippen molar-refractivity contribution in [2.45, 2.75) is 38.2 Å². The molecule has 2 aromatic heterocycles. The summed E-state index contributed by atoms with van der Waals surface area (Å²) in [7, 11) is 0. The van der Waals surface area contributed by atoms with Gasteiger partial charge in [0.05, 0.1) is 23.8 Å². The number of hydrogen-bond acceptors (Lipinski definition) is 3. The number of imidazole rings is 1. The zero-order valence-electron chi connectivity index (χ0n) is 15.9. The van der Waals surface area contributed by atoms with Gasteiger partial charge in [0.15, 0.2) is 5.16 Å². The van der Waals surface area contributed by atoms with E-state index in [0.717, 1.165) is 28.5 Å². The fraction of sp³-hybridized carbons (Fsp3) is 0.217. The smallest absolute Gasteiger partial charge is 0.169 e. The zero-order chi connectivity index (χ0) is 18.8. The Morgan fingerprint density at radius 3 is 2.59 bits per heavy atom. The van der Waals surface area contributed by atoms with Gasteiger partial charge in [0.2, 0.25) is 0 Å². The largest absolute Gasteiger partial charge is 0.313 e. The van der Waals surface area contributed by atoms with Gasteiger partial charge < -0.3 is 4.57 Å². The molecule has 4 rings (SSSR count). The lowest BCUT2D eigenvalue weighted by Crippen LogP contribution is -2.03. The third kappa shape index (κ3) is 3.76. The van der Waals surface area contributed by atoms with Crippen LogP contribution in [0.1, 0.15) is 27.8 Å². The summed E-state index contributed by atoms with van der Waals surface area (Å²) >= 11 is 1.80. The van der Waals surface area contributed by atoms with Crippen LogP contribution >= 0.6 is 11.8 Å². The van der Waals surface area contributed by atoms with Crippen LogP contribution in [0.3, 0.4) is 0 Å². The maximum atomic E-state index is 4.89. The number of benzene rings is 2. The molecule has 0 unspecified atom stereocenters. The molecule has 4 heteroatoms. The van der Waals surface area contributed by atoms with Crippen LogP contribution < -0.4 is 0 Å². The summed E-state index contributed by atoms with van der Waals surface area (Å²) < 4.78 is 2.29. The lowest BCUT2D eigenvalue weighted by Gasteiger charge is -2.12. The van der Waals surface area contributed by atoms with E-state index in [-0.39, 0.29) is 0 Å². The molecule has 27 heavy (non-hydrogen) atoms. The number of pyridine rings is 1. The summed E-state index contributed by atoms with van der Waals surface area (Å²) in [5.74, 6) is 0.915. The van der Waals surface area contributed by atoms with Gasteiger partial charge in [-0.15, -0.1) is 0 Å². The van der Waals surface area contributed by atoms with Crippen molar-refractivity contribution in [1.29, 1.82) is 0 Å². The summed E-state index contributed by atoms with van der Waals surface area (Å²) in [6.07, 6.45) is 3.73. The molecule has 0 amide bonds. The molecule has 0 saturated carbocycles. The second kappa shape index (κ2) is 7.57. The summed E-state index contributed by atoms with van der Waals surface area (Å²) in [6, 6.07) is 17.2. The molecule has 0 bridgehead atoms. The maximum Gasteiger partial charge on any atom is 0.169 e. The molecule has 2 aromatic carbocycles. The van der Waals surface area contributed by atoms with Gasteiger partial charge in [-0.25, -0.2) is 4.98 Å². The first-order valence-electron chi connectivity index (χ1n) is 9.15. The molecular formula is C23H23N3S. The molecule has 0 fully saturated rings. The summed E-state index contributed by atoms with van der Waals surface area (Å²) in [5, 5.41) is 1.04. The molecule has 0 aliphatic heterocycles. The predicted octanol–water partition coefficient (Wildman–Crippen LogP) is 5.70. The van der Waals surface area contributed by atoms with Gasteiger partial charge in [-0.3, -0.25) is 4.98 Å². The number of hydrogen-bond donors (Lipinski definition) is 0. The maximum absolute atomic E-state index is 4.89. The van der Waals surface area contributed by atoms with E-state index in [1.165, 1.54) is 27.8 Å². The molecule has 2 heterocycles. The Morgan fingerprint density at radius 1 is 0.926 bits per heavy atom. The van der Waals surface area contributed by atoms with Crippen molar-refractivity contribution in [3.63, 3.8) is 0 Å². The Hall–Kier alpha value is -2.59. The fourth-order valence-electron chi connectivity index (χ4n) is 3.27. The molecule has 0 radical (unpaired) electrons. The van der Waals surface area contributed by atoms with Gasteiger partial charge >= 0.3 is 0 Å². The normalized spacial score (nSPS) is 11.2. The molecule has 0 spiro atoms. The highest BCUT2D eigenvalue weighted by Gasteiger charge is 2.13. The third-order valence-corrected chi connectivity index (χ3v) is 5.99. The summed E-state index contributed by atoms with van der Waals surface area (Å²) in [4.78, 5) is 9.22. The molecule has 4 aromatic rings. The lowest BCUT2D eigenvalue weighted by molar-refractivity contribution is 0.727. The van der Waals surface area contributed by atoms with Gasteiger partial charge in [0, 0.05) is 11.9 Å². The Morgan fingerprint density at radius 2 is 1.74 bits per heavy atom. The molecule has 0 aliphatic rings. The van der Waals surface area contributed by atoms with Crippen molar-refractivity contribution in [3.05, 3.63) is 88.7 Å². The second-order valence-electron chi connectivity index (χ2n) is 6.99. The van der Waals surface area contributed by atoms with Gasteiger partial charge in [0.25, 0.3) is 0 Å². The van der Waals surface area contributed by atoms with Gasteiger partial charge in [-0.1, -0.05) is 59.8 Å². The monoisotopic (exact) mass is 373 g/mol. The van der Waals surface area contributed by atoms with Crippen LogP contribution in [0.2, 0.25) is 0 Å². The van der Waals surface area contributed by atoms with E-state index < -0.39 is 0 Å². The Bertz CT molecular complexity index is 1100. The molecule has 0 aliphatic carbocycles. The third-order valence-electron chi connectivity index (χ3n) is 4.97. The van der Waals surface area contributed by atoms with Crippen molar-refractivity contribution in [2.75, 3.05) is 0 Å². The van der Waals surface area contributed by atoms with E-state index in [1.54, 1.807) is 11.8 Å². The Kier molecular flexibility index (Phi) is 4.99. The van der Waals surface area contributed by atoms with Crippen LogP contribution in [0.15, 0.2) is 66.1 Å². The van der Waals surface area contributed by atoms with Crippen LogP contribution in [-0.2, 0) is 12.3 Å². The van der Waals surface area contributed by atoms with E-state index in [4.69, 9.17) is 4.98 Å². The number of thioether (sulfide) groups is 1. The average Bonchev–Trinajstić information content (AvgIpc) is 3.02. The van der Waals surface area contributed by atoms with E-state index in [1.807, 2.05) is 18.5 Å². The van der Waals surface area contributed by atoms with Crippen molar-refractivity contribution in [3.8, 4) is 0 Å². The number of aromatic nitrogens is 3. The topological polar surface area (TPSA) is 30.7 Å². The molecule has 3 nitrogen and oxygen atoms in total. The number of nitrogens with zero attached hydrogens (tertiary/aromatic N) is 3. The number of fused-ring (bicyclic) bond motifs is 1. The minimum atomic E-state index is 0.810. The summed E-state index contributed by atoms with van der Waals surface area (Å²) in [6.45, 7) is 7.29. The molecule has 0 saturated heterocycles. The Balaban J connectivity index is 1.69. The molecule has 0 N–H and O–H groups in total. The van der Waals surface area contributed by atoms with E-state index >= 15 is 0 Å². The minimum Gasteiger partial charge on any atom is -0.313 e. The number of rotatable bonds is 5. The van der Waals surface area contributed by atoms with Crippen molar-refractivity contribution < 1.29 is 0 Å². The highest BCUT2D eigenvalue weighted by atomic mass is 32.2. The van der Waals surface area contributed by atoms with E-state index in [2.05, 4.69) is 72.8 Å². The van der Waals surface area contributed by atoms with Crippen LogP contribution in [-0.4, -0.2) is 14.5 Å². The average molecular weight is 374 g/mol. The number of aryl methyl sites for hydroxylation is 3. The summed E-state index contributed by atoms with van der Waals surface area (Å²) in [5.41, 5.74) is 8.70. The van der Waals surface area contributed by atoms with E-state index in [9.17, 15) is 0 Å². The van der Waals surface area contributed by atoms with Crippen LogP contribution in [0.4, 0.5) is 0 Å². The molecule has 136 valence electrons. The van der Waals surface area contributed by atoms with Gasteiger partial charge in [0.1, 0.15) is 0 Å². The van der Waals surface area contributed by atoms with Crippen LogP contribution in [0.25, 0.3) is 11.0 Å². The zero-order valence-corrected chi connectivity index (χ0v) is 16.8. The van der Waals surface area contributed by atoms with Gasteiger partial charge in [-0.05, 0) is 49.1 Å². The second-order valence-corrected chi connectivity index (χ2v) is 7.93. The highest BCUT2D eigenvalue weighted by molar-refractivity contribution is 7.98. The minimum absolute atomic E-state index is 0.810.